The predicted molar refractivity (Wildman–Crippen MR) is 95.1 cm³/mol. The highest BCUT2D eigenvalue weighted by atomic mass is 32.2. The number of aryl methyl sites for hydroxylation is 2. The third-order valence-electron chi connectivity index (χ3n) is 5.86. The number of fused-ring (bicyclic) bond motifs is 1. The van der Waals surface area contributed by atoms with Crippen molar-refractivity contribution in [1.29, 1.82) is 0 Å². The summed E-state index contributed by atoms with van der Waals surface area (Å²) in [6.45, 7) is 6.23. The van der Waals surface area contributed by atoms with E-state index in [2.05, 4.69) is 5.16 Å². The van der Waals surface area contributed by atoms with Crippen LogP contribution in [0.4, 0.5) is 0 Å². The molecule has 0 radical (unpaired) electrons. The van der Waals surface area contributed by atoms with E-state index in [1.807, 2.05) is 18.7 Å². The van der Waals surface area contributed by atoms with Crippen molar-refractivity contribution in [3.05, 3.63) is 17.0 Å². The maximum atomic E-state index is 12.8. The van der Waals surface area contributed by atoms with Crippen LogP contribution < -0.4 is 0 Å². The summed E-state index contributed by atoms with van der Waals surface area (Å²) >= 11 is 0. The number of hydrogen-bond donors (Lipinski definition) is 0. The second-order valence-corrected chi connectivity index (χ2v) is 9.60. The minimum Gasteiger partial charge on any atom is -0.384 e. The van der Waals surface area contributed by atoms with Crippen molar-refractivity contribution in [3.63, 3.8) is 0 Å². The Morgan fingerprint density at radius 2 is 2.12 bits per heavy atom. The lowest BCUT2D eigenvalue weighted by Crippen LogP contribution is -2.51. The summed E-state index contributed by atoms with van der Waals surface area (Å²) in [6.07, 6.45) is 2.25. The second kappa shape index (κ2) is 6.94. The zero-order valence-electron chi connectivity index (χ0n) is 15.8. The Morgan fingerprint density at radius 1 is 1.38 bits per heavy atom. The molecule has 2 saturated heterocycles. The number of aromatic nitrogens is 1. The molecule has 1 aromatic heterocycles. The van der Waals surface area contributed by atoms with Crippen LogP contribution in [-0.4, -0.2) is 74.8 Å². The number of carbonyl (C=O) groups excluding carboxylic acids is 1. The van der Waals surface area contributed by atoms with Gasteiger partial charge in [0.05, 0.1) is 25.0 Å². The molecule has 0 saturated carbocycles. The Morgan fingerprint density at radius 3 is 2.69 bits per heavy atom. The van der Waals surface area contributed by atoms with Gasteiger partial charge in [0.25, 0.3) is 0 Å². The number of carbonyl (C=O) groups is 1. The van der Waals surface area contributed by atoms with Crippen LogP contribution in [0, 0.1) is 25.2 Å². The van der Waals surface area contributed by atoms with Crippen molar-refractivity contribution in [3.8, 4) is 0 Å². The average Bonchev–Trinajstić information content (AvgIpc) is 3.09. The fourth-order valence-electron chi connectivity index (χ4n) is 4.25. The first-order valence-electron chi connectivity index (χ1n) is 8.80. The van der Waals surface area contributed by atoms with Gasteiger partial charge in [0.2, 0.25) is 15.9 Å². The molecule has 0 bridgehead atoms. The van der Waals surface area contributed by atoms with E-state index >= 15 is 0 Å². The Labute approximate surface area is 154 Å². The first-order valence-corrected chi connectivity index (χ1v) is 10.6. The van der Waals surface area contributed by atoms with E-state index in [0.29, 0.717) is 38.5 Å². The standard InChI is InChI=1S/C17H27N3O5S/c1-12-15(13(2)25-18-12)7-16(21)19-6-5-17(11-24-3)10-20(26(4,22)23)9-14(17)8-19/h14H,5-11H2,1-4H3/t14-,17+/m1/s1. The van der Waals surface area contributed by atoms with Gasteiger partial charge in [-0.25, -0.2) is 12.7 Å². The van der Waals surface area contributed by atoms with Gasteiger partial charge in [0, 0.05) is 44.3 Å². The Kier molecular flexibility index (Phi) is 5.15. The number of likely N-dealkylation sites (tertiary alicyclic amines) is 1. The molecule has 2 fully saturated rings. The molecular formula is C17H27N3O5S. The molecule has 2 aliphatic heterocycles. The maximum Gasteiger partial charge on any atom is 0.227 e. The molecule has 0 spiro atoms. The molecule has 0 aromatic carbocycles. The normalized spacial score (nSPS) is 26.9. The van der Waals surface area contributed by atoms with E-state index in [1.165, 1.54) is 10.6 Å². The molecule has 3 rings (SSSR count). The predicted octanol–water partition coefficient (Wildman–Crippen LogP) is 0.590. The van der Waals surface area contributed by atoms with Crippen LogP contribution in [0.1, 0.15) is 23.4 Å². The third-order valence-corrected chi connectivity index (χ3v) is 7.08. The van der Waals surface area contributed by atoms with E-state index < -0.39 is 10.0 Å². The van der Waals surface area contributed by atoms with Crippen molar-refractivity contribution in [1.82, 2.24) is 14.4 Å². The van der Waals surface area contributed by atoms with Gasteiger partial charge in [0.1, 0.15) is 5.76 Å². The molecule has 0 N–H and O–H groups in total. The van der Waals surface area contributed by atoms with Gasteiger partial charge >= 0.3 is 0 Å². The van der Waals surface area contributed by atoms with E-state index in [9.17, 15) is 13.2 Å². The van der Waals surface area contributed by atoms with E-state index in [4.69, 9.17) is 9.26 Å². The van der Waals surface area contributed by atoms with Gasteiger partial charge < -0.3 is 14.2 Å². The number of rotatable bonds is 5. The molecule has 3 heterocycles. The van der Waals surface area contributed by atoms with Gasteiger partial charge in [-0.3, -0.25) is 4.79 Å². The van der Waals surface area contributed by atoms with Crippen LogP contribution in [-0.2, 0) is 26.0 Å². The van der Waals surface area contributed by atoms with E-state index in [-0.39, 0.29) is 23.7 Å². The quantitative estimate of drug-likeness (QED) is 0.737. The molecule has 1 aromatic rings. The first kappa shape index (κ1) is 19.3. The lowest BCUT2D eigenvalue weighted by molar-refractivity contribution is -0.134. The zero-order chi connectivity index (χ0) is 19.1. The van der Waals surface area contributed by atoms with Crippen molar-refractivity contribution >= 4 is 15.9 Å². The minimum absolute atomic E-state index is 0.0308. The van der Waals surface area contributed by atoms with Crippen molar-refractivity contribution in [2.24, 2.45) is 11.3 Å². The second-order valence-electron chi connectivity index (χ2n) is 7.62. The fourth-order valence-corrected chi connectivity index (χ4v) is 5.20. The highest BCUT2D eigenvalue weighted by Gasteiger charge is 2.52. The SMILES string of the molecule is COC[C@@]12CCN(C(=O)Cc3c(C)noc3C)C[C@@H]1CN(S(C)(=O)=O)C2. The molecule has 26 heavy (non-hydrogen) atoms. The number of sulfonamides is 1. The zero-order valence-corrected chi connectivity index (χ0v) is 16.6. The molecule has 0 aliphatic carbocycles. The molecule has 2 aliphatic rings. The highest BCUT2D eigenvalue weighted by Crippen LogP contribution is 2.44. The number of piperidine rings is 1. The molecular weight excluding hydrogens is 358 g/mol. The van der Waals surface area contributed by atoms with Crippen molar-refractivity contribution < 1.29 is 22.5 Å². The summed E-state index contributed by atoms with van der Waals surface area (Å²) in [6, 6.07) is 0. The van der Waals surface area contributed by atoms with Crippen LogP contribution in [0.3, 0.4) is 0 Å². The van der Waals surface area contributed by atoms with Crippen LogP contribution >= 0.6 is 0 Å². The van der Waals surface area contributed by atoms with Crippen LogP contribution in [0.5, 0.6) is 0 Å². The highest BCUT2D eigenvalue weighted by molar-refractivity contribution is 7.88. The topological polar surface area (TPSA) is 92.9 Å². The summed E-state index contributed by atoms with van der Waals surface area (Å²) in [4.78, 5) is 14.6. The number of amides is 1. The Hall–Kier alpha value is -1.45. The maximum absolute atomic E-state index is 12.8. The number of ether oxygens (including phenoxy) is 1. The van der Waals surface area contributed by atoms with Crippen molar-refractivity contribution in [2.45, 2.75) is 26.7 Å². The van der Waals surface area contributed by atoms with Gasteiger partial charge in [-0.2, -0.15) is 0 Å². The monoisotopic (exact) mass is 385 g/mol. The van der Waals surface area contributed by atoms with Crippen LogP contribution in [0.15, 0.2) is 4.52 Å². The molecule has 2 atom stereocenters. The summed E-state index contributed by atoms with van der Waals surface area (Å²) in [7, 11) is -1.61. The molecule has 146 valence electrons. The van der Waals surface area contributed by atoms with Gasteiger partial charge in [0.15, 0.2) is 0 Å². The smallest absolute Gasteiger partial charge is 0.227 e. The van der Waals surface area contributed by atoms with Gasteiger partial charge in [-0.05, 0) is 26.2 Å². The number of methoxy groups -OCH3 is 1. The Bertz CT molecular complexity index is 771. The Balaban J connectivity index is 1.74. The van der Waals surface area contributed by atoms with E-state index in [1.54, 1.807) is 7.11 Å². The van der Waals surface area contributed by atoms with Gasteiger partial charge in [-0.1, -0.05) is 5.16 Å². The van der Waals surface area contributed by atoms with E-state index in [0.717, 1.165) is 17.7 Å². The first-order chi connectivity index (χ1) is 12.2. The lowest BCUT2D eigenvalue weighted by Gasteiger charge is -2.43. The van der Waals surface area contributed by atoms with Crippen LogP contribution in [0.25, 0.3) is 0 Å². The third kappa shape index (κ3) is 3.52. The van der Waals surface area contributed by atoms with Crippen molar-refractivity contribution in [2.75, 3.05) is 46.2 Å². The summed E-state index contributed by atoms with van der Waals surface area (Å²) in [5.41, 5.74) is 1.37. The molecule has 8 nitrogen and oxygen atoms in total. The average molecular weight is 385 g/mol. The van der Waals surface area contributed by atoms with Gasteiger partial charge in [-0.15, -0.1) is 0 Å². The summed E-state index contributed by atoms with van der Waals surface area (Å²) in [5, 5.41) is 3.90. The van der Waals surface area contributed by atoms with Crippen LogP contribution in [0.2, 0.25) is 0 Å². The summed E-state index contributed by atoms with van der Waals surface area (Å²) in [5.74, 6) is 0.786. The lowest BCUT2D eigenvalue weighted by atomic mass is 9.73. The number of hydrogen-bond acceptors (Lipinski definition) is 6. The largest absolute Gasteiger partial charge is 0.384 e. The number of nitrogens with zero attached hydrogens (tertiary/aromatic N) is 3. The molecule has 0 unspecified atom stereocenters. The molecule has 1 amide bonds. The molecule has 9 heteroatoms. The summed E-state index contributed by atoms with van der Waals surface area (Å²) < 4.78 is 36.1. The minimum atomic E-state index is -3.25. The fraction of sp³-hybridized carbons (Fsp3) is 0.765.